The Hall–Kier alpha value is -1.68. The smallest absolute Gasteiger partial charge is 0.146 e. The van der Waals surface area contributed by atoms with Gasteiger partial charge in [0.25, 0.3) is 0 Å². The van der Waals surface area contributed by atoms with Crippen LogP contribution in [0.15, 0.2) is 12.1 Å². The quantitative estimate of drug-likeness (QED) is 0.908. The number of aryl methyl sites for hydroxylation is 2. The maximum Gasteiger partial charge on any atom is 0.146 e. The number of nitrogen functional groups attached to an aromatic ring is 1. The first-order valence-corrected chi connectivity index (χ1v) is 5.97. The van der Waals surface area contributed by atoms with Crippen LogP contribution in [0.1, 0.15) is 11.1 Å². The lowest BCUT2D eigenvalue weighted by atomic mass is 10.0. The molecule has 0 bridgehead atoms. The molecule has 1 aromatic heterocycles. The van der Waals surface area contributed by atoms with Gasteiger partial charge in [-0.2, -0.15) is 5.10 Å². The predicted molar refractivity (Wildman–Crippen MR) is 74.1 cm³/mol. The van der Waals surface area contributed by atoms with Crippen LogP contribution in [0.4, 0.5) is 5.82 Å². The fourth-order valence-corrected chi connectivity index (χ4v) is 2.27. The van der Waals surface area contributed by atoms with E-state index < -0.39 is 0 Å². The Morgan fingerprint density at radius 2 is 2.00 bits per heavy atom. The first-order chi connectivity index (χ1) is 8.45. The summed E-state index contributed by atoms with van der Waals surface area (Å²) in [6.07, 6.45) is 0. The van der Waals surface area contributed by atoms with Crippen molar-refractivity contribution in [1.82, 2.24) is 9.78 Å². The Bertz CT molecular complexity index is 605. The Labute approximate surface area is 111 Å². The van der Waals surface area contributed by atoms with Crippen molar-refractivity contribution in [3.63, 3.8) is 0 Å². The Morgan fingerprint density at radius 3 is 2.50 bits per heavy atom. The van der Waals surface area contributed by atoms with E-state index in [-0.39, 0.29) is 0 Å². The minimum absolute atomic E-state index is 0.477. The Morgan fingerprint density at radius 1 is 1.33 bits per heavy atom. The molecule has 1 heterocycles. The third-order valence-electron chi connectivity index (χ3n) is 3.02. The fraction of sp³-hybridized carbons (Fsp3) is 0.308. The Balaban J connectivity index is 2.77. The molecule has 2 N–H and O–H groups in total. The summed E-state index contributed by atoms with van der Waals surface area (Å²) in [6.45, 7) is 3.93. The molecule has 0 saturated heterocycles. The van der Waals surface area contributed by atoms with Gasteiger partial charge >= 0.3 is 0 Å². The average molecular weight is 266 g/mol. The first kappa shape index (κ1) is 12.8. The van der Waals surface area contributed by atoms with Gasteiger partial charge in [-0.3, -0.25) is 4.68 Å². The van der Waals surface area contributed by atoms with Crippen LogP contribution in [-0.4, -0.2) is 16.9 Å². The van der Waals surface area contributed by atoms with Gasteiger partial charge < -0.3 is 10.5 Å². The highest BCUT2D eigenvalue weighted by Gasteiger charge is 2.17. The molecular weight excluding hydrogens is 250 g/mol. The molecule has 0 fully saturated rings. The normalized spacial score (nSPS) is 10.7. The lowest BCUT2D eigenvalue weighted by Crippen LogP contribution is -1.99. The van der Waals surface area contributed by atoms with Crippen LogP contribution in [0.25, 0.3) is 11.3 Å². The minimum Gasteiger partial charge on any atom is -0.496 e. The van der Waals surface area contributed by atoms with Gasteiger partial charge in [-0.25, -0.2) is 0 Å². The van der Waals surface area contributed by atoms with Crippen molar-refractivity contribution in [2.45, 2.75) is 13.8 Å². The van der Waals surface area contributed by atoms with Crippen LogP contribution in [-0.2, 0) is 7.05 Å². The van der Waals surface area contributed by atoms with Crippen LogP contribution in [0.5, 0.6) is 5.75 Å². The number of benzene rings is 1. The number of ether oxygens (including phenoxy) is 1. The minimum atomic E-state index is 0.477. The van der Waals surface area contributed by atoms with Crippen molar-refractivity contribution in [1.29, 1.82) is 0 Å². The molecule has 0 spiro atoms. The number of rotatable bonds is 2. The second kappa shape index (κ2) is 4.53. The molecule has 5 heteroatoms. The summed E-state index contributed by atoms with van der Waals surface area (Å²) in [5.41, 5.74) is 9.50. The summed E-state index contributed by atoms with van der Waals surface area (Å²) in [5, 5.41) is 4.89. The summed E-state index contributed by atoms with van der Waals surface area (Å²) in [7, 11) is 3.49. The molecule has 1 aromatic carbocycles. The summed E-state index contributed by atoms with van der Waals surface area (Å²) in [4.78, 5) is 0. The number of methoxy groups -OCH3 is 1. The molecule has 0 unspecified atom stereocenters. The topological polar surface area (TPSA) is 53.1 Å². The molecule has 0 aliphatic rings. The molecule has 0 atom stereocenters. The number of aromatic nitrogens is 2. The zero-order chi connectivity index (χ0) is 13.4. The van der Waals surface area contributed by atoms with Gasteiger partial charge in [0, 0.05) is 23.7 Å². The maximum absolute atomic E-state index is 6.30. The summed E-state index contributed by atoms with van der Waals surface area (Å²) < 4.78 is 7.17. The summed E-state index contributed by atoms with van der Waals surface area (Å²) in [6, 6.07) is 3.74. The zero-order valence-electron chi connectivity index (χ0n) is 10.9. The molecule has 0 amide bonds. The fourth-order valence-electron chi connectivity index (χ4n) is 2.13. The van der Waals surface area contributed by atoms with E-state index in [1.165, 1.54) is 0 Å². The van der Waals surface area contributed by atoms with Crippen LogP contribution < -0.4 is 10.5 Å². The number of hydrogen-bond acceptors (Lipinski definition) is 3. The number of anilines is 1. The van der Waals surface area contributed by atoms with Crippen molar-refractivity contribution in [2.24, 2.45) is 7.05 Å². The van der Waals surface area contributed by atoms with E-state index in [9.17, 15) is 0 Å². The standard InChI is InChI=1S/C13H16ClN3O/c1-7-5-10(18-4)12(8(2)13(7)14)9-6-11(15)16-17(9)3/h5-6H,1-4H3,(H2,15,16). The third kappa shape index (κ3) is 1.93. The Kier molecular flexibility index (Phi) is 3.22. The van der Waals surface area contributed by atoms with E-state index in [0.717, 1.165) is 33.2 Å². The van der Waals surface area contributed by atoms with E-state index in [0.29, 0.717) is 5.82 Å². The zero-order valence-corrected chi connectivity index (χ0v) is 11.7. The lowest BCUT2D eigenvalue weighted by molar-refractivity contribution is 0.415. The van der Waals surface area contributed by atoms with E-state index in [2.05, 4.69) is 5.10 Å². The third-order valence-corrected chi connectivity index (χ3v) is 3.60. The van der Waals surface area contributed by atoms with Gasteiger partial charge in [0.2, 0.25) is 0 Å². The van der Waals surface area contributed by atoms with E-state index in [1.807, 2.05) is 33.0 Å². The predicted octanol–water partition coefficient (Wildman–Crippen LogP) is 2.95. The molecule has 96 valence electrons. The van der Waals surface area contributed by atoms with Gasteiger partial charge in [-0.15, -0.1) is 0 Å². The van der Waals surface area contributed by atoms with Gasteiger partial charge in [-0.05, 0) is 31.0 Å². The number of halogens is 1. The van der Waals surface area contributed by atoms with Crippen molar-refractivity contribution in [3.8, 4) is 17.0 Å². The van der Waals surface area contributed by atoms with Crippen LogP contribution >= 0.6 is 11.6 Å². The van der Waals surface area contributed by atoms with Gasteiger partial charge in [0.05, 0.1) is 12.8 Å². The summed E-state index contributed by atoms with van der Waals surface area (Å²) in [5.74, 6) is 1.25. The second-order valence-corrected chi connectivity index (χ2v) is 4.67. The largest absolute Gasteiger partial charge is 0.496 e. The number of nitrogens with two attached hydrogens (primary N) is 1. The van der Waals surface area contributed by atoms with E-state index in [4.69, 9.17) is 22.1 Å². The highest BCUT2D eigenvalue weighted by molar-refractivity contribution is 6.32. The van der Waals surface area contributed by atoms with Crippen molar-refractivity contribution in [2.75, 3.05) is 12.8 Å². The molecule has 2 rings (SSSR count). The van der Waals surface area contributed by atoms with Crippen molar-refractivity contribution < 1.29 is 4.74 Å². The molecule has 0 aliphatic carbocycles. The van der Waals surface area contributed by atoms with Crippen LogP contribution in [0.3, 0.4) is 0 Å². The monoisotopic (exact) mass is 265 g/mol. The number of nitrogens with zero attached hydrogens (tertiary/aromatic N) is 2. The first-order valence-electron chi connectivity index (χ1n) is 5.59. The molecule has 0 radical (unpaired) electrons. The number of hydrogen-bond donors (Lipinski definition) is 1. The lowest BCUT2D eigenvalue weighted by Gasteiger charge is -2.15. The highest BCUT2D eigenvalue weighted by atomic mass is 35.5. The highest BCUT2D eigenvalue weighted by Crippen LogP contribution is 2.39. The van der Waals surface area contributed by atoms with E-state index >= 15 is 0 Å². The SMILES string of the molecule is COc1cc(C)c(Cl)c(C)c1-c1cc(N)nn1C. The molecule has 0 saturated carbocycles. The van der Waals surface area contributed by atoms with Gasteiger partial charge in [-0.1, -0.05) is 11.6 Å². The van der Waals surface area contributed by atoms with Crippen LogP contribution in [0.2, 0.25) is 5.02 Å². The molecular formula is C13H16ClN3O. The van der Waals surface area contributed by atoms with E-state index in [1.54, 1.807) is 11.8 Å². The van der Waals surface area contributed by atoms with Crippen molar-refractivity contribution in [3.05, 3.63) is 28.3 Å². The van der Waals surface area contributed by atoms with Gasteiger partial charge in [0.15, 0.2) is 0 Å². The van der Waals surface area contributed by atoms with Gasteiger partial charge in [0.1, 0.15) is 11.6 Å². The maximum atomic E-state index is 6.30. The second-order valence-electron chi connectivity index (χ2n) is 4.29. The average Bonchev–Trinajstić information content (AvgIpc) is 2.64. The van der Waals surface area contributed by atoms with Crippen LogP contribution in [0, 0.1) is 13.8 Å². The molecule has 18 heavy (non-hydrogen) atoms. The summed E-state index contributed by atoms with van der Waals surface area (Å²) >= 11 is 6.30. The van der Waals surface area contributed by atoms with Crippen molar-refractivity contribution >= 4 is 17.4 Å². The molecule has 4 nitrogen and oxygen atoms in total. The molecule has 2 aromatic rings. The molecule has 0 aliphatic heterocycles.